The van der Waals surface area contributed by atoms with Gasteiger partial charge >= 0.3 is 0 Å². The molecule has 21 heavy (non-hydrogen) atoms. The molecule has 1 heterocycles. The summed E-state index contributed by atoms with van der Waals surface area (Å²) in [4.78, 5) is 15.2. The zero-order valence-electron chi connectivity index (χ0n) is 11.9. The molecular weight excluding hydrogens is 338 g/mol. The van der Waals surface area contributed by atoms with E-state index in [-0.39, 0.29) is 17.2 Å². The van der Waals surface area contributed by atoms with Crippen LogP contribution in [0.15, 0.2) is 22.7 Å². The standard InChI is InChI=1S/C14H20BrN3O3/c15-14-12(3-1-4-13(14)18(20)21)11-17-6-2-5-16(7-8-17)9-10-19/h1,3-4,19H,2,5-11H2. The van der Waals surface area contributed by atoms with Crippen LogP contribution in [0.25, 0.3) is 0 Å². The lowest BCUT2D eigenvalue weighted by atomic mass is 10.2. The molecule has 1 aliphatic rings. The van der Waals surface area contributed by atoms with Gasteiger partial charge in [0, 0.05) is 32.2 Å². The number of hydrogen-bond acceptors (Lipinski definition) is 5. The van der Waals surface area contributed by atoms with E-state index < -0.39 is 0 Å². The van der Waals surface area contributed by atoms with E-state index in [1.165, 1.54) is 6.07 Å². The third-order valence-electron chi connectivity index (χ3n) is 3.75. The number of aliphatic hydroxyl groups excluding tert-OH is 1. The number of β-amino-alcohol motifs (C(OH)–C–C–N with tert-alkyl or cyclic N) is 1. The normalized spacial score (nSPS) is 17.6. The highest BCUT2D eigenvalue weighted by Gasteiger charge is 2.19. The summed E-state index contributed by atoms with van der Waals surface area (Å²) in [6.45, 7) is 5.41. The highest BCUT2D eigenvalue weighted by atomic mass is 79.9. The Balaban J connectivity index is 2.02. The highest BCUT2D eigenvalue weighted by Crippen LogP contribution is 2.29. The Morgan fingerprint density at radius 2 is 1.95 bits per heavy atom. The van der Waals surface area contributed by atoms with Crippen LogP contribution in [0.5, 0.6) is 0 Å². The molecule has 0 saturated carbocycles. The number of nitrogens with zero attached hydrogens (tertiary/aromatic N) is 3. The minimum absolute atomic E-state index is 0.115. The molecule has 116 valence electrons. The first-order valence-corrected chi connectivity index (χ1v) is 7.88. The van der Waals surface area contributed by atoms with Crippen molar-refractivity contribution in [1.29, 1.82) is 0 Å². The molecular formula is C14H20BrN3O3. The fraction of sp³-hybridized carbons (Fsp3) is 0.571. The van der Waals surface area contributed by atoms with Gasteiger partial charge in [0.1, 0.15) is 0 Å². The number of aliphatic hydroxyl groups is 1. The lowest BCUT2D eigenvalue weighted by molar-refractivity contribution is -0.385. The maximum atomic E-state index is 11.0. The molecule has 1 N–H and O–H groups in total. The van der Waals surface area contributed by atoms with Gasteiger partial charge in [-0.1, -0.05) is 12.1 Å². The Labute approximate surface area is 132 Å². The quantitative estimate of drug-likeness (QED) is 0.643. The van der Waals surface area contributed by atoms with Crippen LogP contribution in [-0.4, -0.2) is 59.2 Å². The maximum absolute atomic E-state index is 11.0. The maximum Gasteiger partial charge on any atom is 0.283 e. The first-order valence-electron chi connectivity index (χ1n) is 7.09. The van der Waals surface area contributed by atoms with Crippen molar-refractivity contribution < 1.29 is 10.0 Å². The Bertz CT molecular complexity index is 498. The van der Waals surface area contributed by atoms with Crippen molar-refractivity contribution in [3.05, 3.63) is 38.3 Å². The number of hydrogen-bond donors (Lipinski definition) is 1. The summed E-state index contributed by atoms with van der Waals surface area (Å²) in [5.74, 6) is 0. The fourth-order valence-corrected chi connectivity index (χ4v) is 3.15. The average Bonchev–Trinajstić information content (AvgIpc) is 2.67. The molecule has 0 atom stereocenters. The van der Waals surface area contributed by atoms with Gasteiger partial charge in [-0.05, 0) is 41.0 Å². The first-order chi connectivity index (χ1) is 10.1. The number of benzene rings is 1. The number of nitro groups is 1. The highest BCUT2D eigenvalue weighted by molar-refractivity contribution is 9.10. The van der Waals surface area contributed by atoms with Crippen LogP contribution < -0.4 is 0 Å². The van der Waals surface area contributed by atoms with Crippen molar-refractivity contribution in [3.63, 3.8) is 0 Å². The van der Waals surface area contributed by atoms with Crippen molar-refractivity contribution in [2.24, 2.45) is 0 Å². The largest absolute Gasteiger partial charge is 0.395 e. The van der Waals surface area contributed by atoms with Gasteiger partial charge < -0.3 is 5.11 Å². The predicted octanol–water partition coefficient (Wildman–Crippen LogP) is 1.86. The number of rotatable bonds is 5. The molecule has 7 heteroatoms. The lowest BCUT2D eigenvalue weighted by Gasteiger charge is -2.21. The van der Waals surface area contributed by atoms with Gasteiger partial charge in [0.05, 0.1) is 16.0 Å². The Morgan fingerprint density at radius 1 is 1.24 bits per heavy atom. The van der Waals surface area contributed by atoms with Gasteiger partial charge in [0.25, 0.3) is 5.69 Å². The third-order valence-corrected chi connectivity index (χ3v) is 4.66. The molecule has 6 nitrogen and oxygen atoms in total. The molecule has 0 spiro atoms. The zero-order valence-corrected chi connectivity index (χ0v) is 13.5. The van der Waals surface area contributed by atoms with Crippen LogP contribution in [-0.2, 0) is 6.54 Å². The summed E-state index contributed by atoms with van der Waals surface area (Å²) >= 11 is 3.35. The molecule has 0 radical (unpaired) electrons. The summed E-state index contributed by atoms with van der Waals surface area (Å²) in [6.07, 6.45) is 1.05. The van der Waals surface area contributed by atoms with Gasteiger partial charge in [0.2, 0.25) is 0 Å². The van der Waals surface area contributed by atoms with E-state index in [0.29, 0.717) is 17.6 Å². The van der Waals surface area contributed by atoms with Crippen molar-refractivity contribution in [2.45, 2.75) is 13.0 Å². The topological polar surface area (TPSA) is 69.9 Å². The van der Waals surface area contributed by atoms with Crippen molar-refractivity contribution in [3.8, 4) is 0 Å². The summed E-state index contributed by atoms with van der Waals surface area (Å²) < 4.78 is 0.575. The summed E-state index contributed by atoms with van der Waals surface area (Å²) in [5, 5.41) is 20.0. The summed E-state index contributed by atoms with van der Waals surface area (Å²) in [7, 11) is 0. The van der Waals surface area contributed by atoms with Crippen LogP contribution in [0.4, 0.5) is 5.69 Å². The minimum atomic E-state index is -0.362. The van der Waals surface area contributed by atoms with Gasteiger partial charge in [-0.25, -0.2) is 0 Å². The van der Waals surface area contributed by atoms with E-state index >= 15 is 0 Å². The Morgan fingerprint density at radius 3 is 2.67 bits per heavy atom. The van der Waals surface area contributed by atoms with Crippen molar-refractivity contribution in [2.75, 3.05) is 39.3 Å². The second-order valence-electron chi connectivity index (χ2n) is 5.20. The monoisotopic (exact) mass is 357 g/mol. The van der Waals surface area contributed by atoms with Crippen molar-refractivity contribution >= 4 is 21.6 Å². The smallest absolute Gasteiger partial charge is 0.283 e. The van der Waals surface area contributed by atoms with Gasteiger partial charge in [-0.15, -0.1) is 0 Å². The second kappa shape index (κ2) is 7.84. The molecule has 1 saturated heterocycles. The van der Waals surface area contributed by atoms with E-state index in [1.54, 1.807) is 6.07 Å². The lowest BCUT2D eigenvalue weighted by Crippen LogP contribution is -2.32. The summed E-state index contributed by atoms with van der Waals surface area (Å²) in [6, 6.07) is 5.17. The van der Waals surface area contributed by atoms with Crippen LogP contribution in [0, 0.1) is 10.1 Å². The van der Waals surface area contributed by atoms with E-state index in [9.17, 15) is 10.1 Å². The van der Waals surface area contributed by atoms with E-state index in [2.05, 4.69) is 25.7 Å². The first kappa shape index (κ1) is 16.4. The third kappa shape index (κ3) is 4.47. The van der Waals surface area contributed by atoms with E-state index in [4.69, 9.17) is 5.11 Å². The summed E-state index contributed by atoms with van der Waals surface area (Å²) in [5.41, 5.74) is 1.06. The molecule has 0 unspecified atom stereocenters. The van der Waals surface area contributed by atoms with Crippen LogP contribution >= 0.6 is 15.9 Å². The molecule has 0 amide bonds. The minimum Gasteiger partial charge on any atom is -0.395 e. The number of halogens is 1. The molecule has 0 bridgehead atoms. The Hall–Kier alpha value is -1.02. The molecule has 1 aromatic rings. The SMILES string of the molecule is O=[N+]([O-])c1cccc(CN2CCCN(CCO)CC2)c1Br. The van der Waals surface area contributed by atoms with Crippen LogP contribution in [0.2, 0.25) is 0 Å². The molecule has 1 fully saturated rings. The second-order valence-corrected chi connectivity index (χ2v) is 6.00. The molecule has 1 aromatic carbocycles. The van der Waals surface area contributed by atoms with Gasteiger partial charge in [-0.2, -0.15) is 0 Å². The predicted molar refractivity (Wildman–Crippen MR) is 84.2 cm³/mol. The van der Waals surface area contributed by atoms with Crippen LogP contribution in [0.3, 0.4) is 0 Å². The van der Waals surface area contributed by atoms with E-state index in [1.807, 2.05) is 6.07 Å². The molecule has 2 rings (SSSR count). The van der Waals surface area contributed by atoms with Gasteiger partial charge in [0.15, 0.2) is 0 Å². The molecule has 1 aliphatic heterocycles. The zero-order chi connectivity index (χ0) is 15.2. The van der Waals surface area contributed by atoms with Crippen molar-refractivity contribution in [1.82, 2.24) is 9.80 Å². The fourth-order valence-electron chi connectivity index (χ4n) is 2.62. The number of nitro benzene ring substituents is 1. The molecule has 0 aromatic heterocycles. The van der Waals surface area contributed by atoms with Gasteiger partial charge in [-0.3, -0.25) is 19.9 Å². The van der Waals surface area contributed by atoms with Crippen LogP contribution in [0.1, 0.15) is 12.0 Å². The average molecular weight is 358 g/mol. The van der Waals surface area contributed by atoms with E-state index in [0.717, 1.165) is 38.2 Å². The molecule has 0 aliphatic carbocycles. The Kier molecular flexibility index (Phi) is 6.10.